The molecule has 0 bridgehead atoms. The minimum atomic E-state index is -0.877. The molecular weight excluding hydrogens is 226 g/mol. The van der Waals surface area contributed by atoms with Crippen LogP contribution in [0.1, 0.15) is 34.3 Å². The third kappa shape index (κ3) is 4.30. The lowest BCUT2D eigenvalue weighted by Gasteiger charge is -2.07. The van der Waals surface area contributed by atoms with E-state index in [1.54, 1.807) is 6.07 Å². The highest BCUT2D eigenvalue weighted by Crippen LogP contribution is 2.15. The van der Waals surface area contributed by atoms with Gasteiger partial charge in [0.1, 0.15) is 4.88 Å². The number of aromatic carboxylic acids is 1. The Balaban J connectivity index is 2.24. The molecule has 1 unspecified atom stereocenters. The molecule has 1 aromatic heterocycles. The number of carboxylic acids is 1. The van der Waals surface area contributed by atoms with Crippen molar-refractivity contribution in [2.75, 3.05) is 6.54 Å². The average Bonchev–Trinajstić information content (AvgIpc) is 2.72. The highest BCUT2D eigenvalue weighted by atomic mass is 32.1. The lowest BCUT2D eigenvalue weighted by molar-refractivity contribution is 0.0702. The first-order valence-corrected chi connectivity index (χ1v) is 6.16. The number of hydrogen-bond donors (Lipinski definition) is 3. The van der Waals surface area contributed by atoms with E-state index < -0.39 is 5.97 Å². The first-order chi connectivity index (χ1) is 7.63. The molecule has 1 atom stereocenters. The second kappa shape index (κ2) is 6.62. The van der Waals surface area contributed by atoms with Crippen molar-refractivity contribution in [2.24, 2.45) is 0 Å². The van der Waals surface area contributed by atoms with Gasteiger partial charge in [0.15, 0.2) is 0 Å². The fourth-order valence-corrected chi connectivity index (χ4v) is 2.09. The Morgan fingerprint density at radius 1 is 1.56 bits per heavy atom. The van der Waals surface area contributed by atoms with Crippen LogP contribution in [0.15, 0.2) is 12.1 Å². The first-order valence-electron chi connectivity index (χ1n) is 5.34. The number of thiophene rings is 1. The lowest BCUT2D eigenvalue weighted by atomic mass is 10.2. The maximum absolute atomic E-state index is 10.6. The fourth-order valence-electron chi connectivity index (χ4n) is 1.27. The molecule has 16 heavy (non-hydrogen) atoms. The molecule has 1 heterocycles. The van der Waals surface area contributed by atoms with Crippen LogP contribution >= 0.6 is 11.3 Å². The zero-order chi connectivity index (χ0) is 12.0. The first kappa shape index (κ1) is 13.2. The third-order valence-electron chi connectivity index (χ3n) is 2.30. The molecule has 0 spiro atoms. The van der Waals surface area contributed by atoms with Gasteiger partial charge in [0.25, 0.3) is 0 Å². The van der Waals surface area contributed by atoms with Gasteiger partial charge in [-0.1, -0.05) is 6.92 Å². The summed E-state index contributed by atoms with van der Waals surface area (Å²) in [4.78, 5) is 12.0. The van der Waals surface area contributed by atoms with Crippen molar-refractivity contribution in [2.45, 2.75) is 32.4 Å². The van der Waals surface area contributed by atoms with Gasteiger partial charge in [-0.25, -0.2) is 4.79 Å². The molecule has 0 saturated heterocycles. The van der Waals surface area contributed by atoms with Crippen molar-refractivity contribution in [3.8, 4) is 0 Å². The molecule has 0 radical (unpaired) electrons. The average molecular weight is 243 g/mol. The molecule has 0 saturated carbocycles. The van der Waals surface area contributed by atoms with E-state index >= 15 is 0 Å². The Labute approximate surface area is 98.9 Å². The molecule has 0 amide bonds. The van der Waals surface area contributed by atoms with Crippen LogP contribution in [0.4, 0.5) is 0 Å². The van der Waals surface area contributed by atoms with E-state index in [1.807, 2.05) is 13.0 Å². The van der Waals surface area contributed by atoms with E-state index in [-0.39, 0.29) is 6.10 Å². The predicted octanol–water partition coefficient (Wildman–Crippen LogP) is 1.70. The third-order valence-corrected chi connectivity index (χ3v) is 3.37. The summed E-state index contributed by atoms with van der Waals surface area (Å²) in [5, 5.41) is 21.2. The van der Waals surface area contributed by atoms with Crippen LogP contribution in [0.5, 0.6) is 0 Å². The predicted molar refractivity (Wildman–Crippen MR) is 63.9 cm³/mol. The number of carbonyl (C=O) groups is 1. The number of aliphatic hydroxyl groups is 1. The highest BCUT2D eigenvalue weighted by Gasteiger charge is 2.06. The van der Waals surface area contributed by atoms with E-state index in [9.17, 15) is 9.90 Å². The maximum Gasteiger partial charge on any atom is 0.345 e. The summed E-state index contributed by atoms with van der Waals surface area (Å²) in [5.41, 5.74) is 0. The van der Waals surface area contributed by atoms with Crippen LogP contribution in [-0.2, 0) is 6.54 Å². The smallest absolute Gasteiger partial charge is 0.345 e. The number of aliphatic hydroxyl groups excluding tert-OH is 1. The second-order valence-corrected chi connectivity index (χ2v) is 4.77. The molecule has 3 N–H and O–H groups in total. The summed E-state index contributed by atoms with van der Waals surface area (Å²) in [6.07, 6.45) is 1.25. The van der Waals surface area contributed by atoms with Crippen molar-refractivity contribution < 1.29 is 15.0 Å². The van der Waals surface area contributed by atoms with Gasteiger partial charge < -0.3 is 15.5 Å². The van der Waals surface area contributed by atoms with Gasteiger partial charge in [-0.2, -0.15) is 0 Å². The van der Waals surface area contributed by atoms with E-state index in [4.69, 9.17) is 5.11 Å². The van der Waals surface area contributed by atoms with Crippen LogP contribution in [0.3, 0.4) is 0 Å². The number of rotatable bonds is 7. The monoisotopic (exact) mass is 243 g/mol. The Kier molecular flexibility index (Phi) is 5.45. The highest BCUT2D eigenvalue weighted by molar-refractivity contribution is 7.13. The van der Waals surface area contributed by atoms with E-state index in [0.29, 0.717) is 11.4 Å². The largest absolute Gasteiger partial charge is 0.477 e. The maximum atomic E-state index is 10.6. The Bertz CT molecular complexity index is 338. The van der Waals surface area contributed by atoms with Crippen LogP contribution in [0, 0.1) is 0 Å². The Hall–Kier alpha value is -0.910. The second-order valence-electron chi connectivity index (χ2n) is 3.60. The zero-order valence-corrected chi connectivity index (χ0v) is 10.1. The SMILES string of the molecule is CCC(O)CCNCc1ccc(C(=O)O)s1. The van der Waals surface area contributed by atoms with Crippen molar-refractivity contribution in [3.63, 3.8) is 0 Å². The van der Waals surface area contributed by atoms with Crippen molar-refractivity contribution in [3.05, 3.63) is 21.9 Å². The van der Waals surface area contributed by atoms with Gasteiger partial charge >= 0.3 is 5.97 Å². The van der Waals surface area contributed by atoms with Crippen molar-refractivity contribution >= 4 is 17.3 Å². The van der Waals surface area contributed by atoms with Crippen LogP contribution in [-0.4, -0.2) is 28.8 Å². The van der Waals surface area contributed by atoms with Gasteiger partial charge in [0, 0.05) is 11.4 Å². The standard InChI is InChI=1S/C11H17NO3S/c1-2-8(13)5-6-12-7-9-3-4-10(16-9)11(14)15/h3-4,8,12-13H,2,5-7H2,1H3,(H,14,15). The molecule has 1 aromatic rings. The normalized spacial score (nSPS) is 12.6. The van der Waals surface area contributed by atoms with Gasteiger partial charge in [-0.3, -0.25) is 0 Å². The zero-order valence-electron chi connectivity index (χ0n) is 9.27. The molecule has 0 fully saturated rings. The summed E-state index contributed by atoms with van der Waals surface area (Å²) < 4.78 is 0. The summed E-state index contributed by atoms with van der Waals surface area (Å²) in [7, 11) is 0. The Morgan fingerprint density at radius 2 is 2.31 bits per heavy atom. The summed E-state index contributed by atoms with van der Waals surface area (Å²) >= 11 is 1.28. The molecule has 0 aromatic carbocycles. The van der Waals surface area contributed by atoms with Gasteiger partial charge in [-0.05, 0) is 31.5 Å². The van der Waals surface area contributed by atoms with Crippen LogP contribution in [0.25, 0.3) is 0 Å². The molecule has 5 heteroatoms. The fraction of sp³-hybridized carbons (Fsp3) is 0.545. The summed E-state index contributed by atoms with van der Waals surface area (Å²) in [6, 6.07) is 3.43. The van der Waals surface area contributed by atoms with Gasteiger partial charge in [0.05, 0.1) is 6.10 Å². The topological polar surface area (TPSA) is 69.6 Å². The van der Waals surface area contributed by atoms with Crippen molar-refractivity contribution in [1.82, 2.24) is 5.32 Å². The van der Waals surface area contributed by atoms with Gasteiger partial charge in [0.2, 0.25) is 0 Å². The molecule has 90 valence electrons. The lowest BCUT2D eigenvalue weighted by Crippen LogP contribution is -2.19. The molecule has 1 rings (SSSR count). The summed E-state index contributed by atoms with van der Waals surface area (Å²) in [5.74, 6) is -0.877. The van der Waals surface area contributed by atoms with E-state index in [2.05, 4.69) is 5.32 Å². The van der Waals surface area contributed by atoms with Gasteiger partial charge in [-0.15, -0.1) is 11.3 Å². The van der Waals surface area contributed by atoms with E-state index in [1.165, 1.54) is 11.3 Å². The molecule has 0 aliphatic heterocycles. The van der Waals surface area contributed by atoms with Crippen LogP contribution in [0.2, 0.25) is 0 Å². The number of carboxylic acid groups (broad SMARTS) is 1. The van der Waals surface area contributed by atoms with E-state index in [0.717, 1.165) is 24.3 Å². The minimum Gasteiger partial charge on any atom is -0.477 e. The molecular formula is C11H17NO3S. The van der Waals surface area contributed by atoms with Crippen molar-refractivity contribution in [1.29, 1.82) is 0 Å². The quantitative estimate of drug-likeness (QED) is 0.637. The molecule has 0 aliphatic rings. The number of hydrogen-bond acceptors (Lipinski definition) is 4. The molecule has 4 nitrogen and oxygen atoms in total. The molecule has 0 aliphatic carbocycles. The summed E-state index contributed by atoms with van der Waals surface area (Å²) in [6.45, 7) is 3.35. The van der Waals surface area contributed by atoms with Crippen LogP contribution < -0.4 is 5.32 Å². The number of nitrogens with one attached hydrogen (secondary N) is 1. The minimum absolute atomic E-state index is 0.245. The Morgan fingerprint density at radius 3 is 2.88 bits per heavy atom.